The highest BCUT2D eigenvalue weighted by molar-refractivity contribution is 14.0. The van der Waals surface area contributed by atoms with Crippen molar-refractivity contribution in [2.24, 2.45) is 4.99 Å². The average Bonchev–Trinajstić information content (AvgIpc) is 3.25. The van der Waals surface area contributed by atoms with Gasteiger partial charge in [-0.25, -0.2) is 0 Å². The molecular formula is C18H28IN3O4. The van der Waals surface area contributed by atoms with Gasteiger partial charge in [-0.3, -0.25) is 4.99 Å². The molecular weight excluding hydrogens is 449 g/mol. The fraction of sp³-hybridized carbons (Fsp3) is 0.611. The second-order valence-electron chi connectivity index (χ2n) is 6.39. The lowest BCUT2D eigenvalue weighted by Gasteiger charge is -2.21. The zero-order valence-electron chi connectivity index (χ0n) is 15.4. The summed E-state index contributed by atoms with van der Waals surface area (Å²) in [5, 5.41) is 6.53. The number of nitrogens with zero attached hydrogens (tertiary/aromatic N) is 1. The summed E-state index contributed by atoms with van der Waals surface area (Å²) in [6, 6.07) is 5.59. The SMILES string of the molecule is CCNC(=NCC1(C)CCCO1)NCCOc1ccc2c(c1)OCO2.I. The van der Waals surface area contributed by atoms with E-state index in [2.05, 4.69) is 22.5 Å². The Morgan fingerprint density at radius 2 is 2.12 bits per heavy atom. The molecule has 2 aliphatic heterocycles. The van der Waals surface area contributed by atoms with Crippen LogP contribution in [0.25, 0.3) is 0 Å². The number of aliphatic imine (C=N–C) groups is 1. The first-order valence-electron chi connectivity index (χ1n) is 8.87. The third-order valence-corrected chi connectivity index (χ3v) is 4.22. The van der Waals surface area contributed by atoms with Crippen LogP contribution >= 0.6 is 24.0 Å². The average molecular weight is 477 g/mol. The number of hydrogen-bond acceptors (Lipinski definition) is 5. The zero-order chi connectivity index (χ0) is 17.5. The highest BCUT2D eigenvalue weighted by atomic mass is 127. The zero-order valence-corrected chi connectivity index (χ0v) is 17.7. The normalized spacial score (nSPS) is 21.2. The molecule has 2 heterocycles. The molecule has 26 heavy (non-hydrogen) atoms. The van der Waals surface area contributed by atoms with Crippen LogP contribution in [0, 0.1) is 0 Å². The first kappa shape index (κ1) is 20.9. The lowest BCUT2D eigenvalue weighted by Crippen LogP contribution is -2.40. The van der Waals surface area contributed by atoms with E-state index >= 15 is 0 Å². The van der Waals surface area contributed by atoms with E-state index < -0.39 is 0 Å². The second-order valence-corrected chi connectivity index (χ2v) is 6.39. The number of halogens is 1. The van der Waals surface area contributed by atoms with Gasteiger partial charge in [0.2, 0.25) is 6.79 Å². The maximum atomic E-state index is 5.78. The third-order valence-electron chi connectivity index (χ3n) is 4.22. The highest BCUT2D eigenvalue weighted by Crippen LogP contribution is 2.35. The Morgan fingerprint density at radius 3 is 2.88 bits per heavy atom. The number of rotatable bonds is 7. The number of nitrogens with one attached hydrogen (secondary N) is 2. The molecule has 0 saturated carbocycles. The molecule has 1 unspecified atom stereocenters. The van der Waals surface area contributed by atoms with Gasteiger partial charge >= 0.3 is 0 Å². The van der Waals surface area contributed by atoms with Gasteiger partial charge < -0.3 is 29.6 Å². The summed E-state index contributed by atoms with van der Waals surface area (Å²) < 4.78 is 22.2. The van der Waals surface area contributed by atoms with Crippen LogP contribution in [0.2, 0.25) is 0 Å². The summed E-state index contributed by atoms with van der Waals surface area (Å²) >= 11 is 0. The molecule has 0 spiro atoms. The highest BCUT2D eigenvalue weighted by Gasteiger charge is 2.29. The van der Waals surface area contributed by atoms with Crippen LogP contribution < -0.4 is 24.8 Å². The van der Waals surface area contributed by atoms with Gasteiger partial charge in [0.1, 0.15) is 12.4 Å². The van der Waals surface area contributed by atoms with Crippen LogP contribution in [0.5, 0.6) is 17.2 Å². The van der Waals surface area contributed by atoms with Crippen LogP contribution in [0.1, 0.15) is 26.7 Å². The van der Waals surface area contributed by atoms with Gasteiger partial charge in [0.15, 0.2) is 17.5 Å². The van der Waals surface area contributed by atoms with Gasteiger partial charge in [-0.1, -0.05) is 0 Å². The molecule has 1 aromatic carbocycles. The van der Waals surface area contributed by atoms with E-state index in [0.717, 1.165) is 49.2 Å². The second kappa shape index (κ2) is 10.1. The van der Waals surface area contributed by atoms with E-state index in [0.29, 0.717) is 19.7 Å². The van der Waals surface area contributed by atoms with Crippen molar-refractivity contribution >= 4 is 29.9 Å². The van der Waals surface area contributed by atoms with Gasteiger partial charge in [-0.2, -0.15) is 0 Å². The molecule has 1 aromatic rings. The maximum absolute atomic E-state index is 5.78. The molecule has 2 aliphatic rings. The molecule has 0 aliphatic carbocycles. The monoisotopic (exact) mass is 477 g/mol. The van der Waals surface area contributed by atoms with Gasteiger partial charge in [0.05, 0.1) is 18.7 Å². The molecule has 0 amide bonds. The molecule has 1 atom stereocenters. The Bertz CT molecular complexity index is 606. The number of fused-ring (bicyclic) bond motifs is 1. The van der Waals surface area contributed by atoms with Crippen molar-refractivity contribution in [3.05, 3.63) is 18.2 Å². The summed E-state index contributed by atoms with van der Waals surface area (Å²) in [4.78, 5) is 4.64. The van der Waals surface area contributed by atoms with Gasteiger partial charge in [0, 0.05) is 19.2 Å². The predicted molar refractivity (Wildman–Crippen MR) is 111 cm³/mol. The quantitative estimate of drug-likeness (QED) is 0.272. The first-order chi connectivity index (χ1) is 12.2. The molecule has 7 nitrogen and oxygen atoms in total. The fourth-order valence-electron chi connectivity index (χ4n) is 2.85. The fourth-order valence-corrected chi connectivity index (χ4v) is 2.85. The van der Waals surface area contributed by atoms with E-state index in [1.807, 2.05) is 25.1 Å². The molecule has 0 aromatic heterocycles. The van der Waals surface area contributed by atoms with E-state index in [1.54, 1.807) is 0 Å². The van der Waals surface area contributed by atoms with Crippen LogP contribution in [0.15, 0.2) is 23.2 Å². The van der Waals surface area contributed by atoms with Crippen molar-refractivity contribution in [3.8, 4) is 17.2 Å². The van der Waals surface area contributed by atoms with Crippen LogP contribution in [0.4, 0.5) is 0 Å². The topological polar surface area (TPSA) is 73.3 Å². The Morgan fingerprint density at radius 1 is 1.27 bits per heavy atom. The van der Waals surface area contributed by atoms with Gasteiger partial charge in [-0.05, 0) is 38.8 Å². The number of hydrogen-bond donors (Lipinski definition) is 2. The minimum Gasteiger partial charge on any atom is -0.492 e. The molecule has 0 bridgehead atoms. The van der Waals surface area contributed by atoms with Crippen molar-refractivity contribution < 1.29 is 18.9 Å². The predicted octanol–water partition coefficient (Wildman–Crippen LogP) is 2.54. The van der Waals surface area contributed by atoms with E-state index in [4.69, 9.17) is 18.9 Å². The number of guanidine groups is 1. The number of benzene rings is 1. The molecule has 1 saturated heterocycles. The minimum absolute atomic E-state index is 0. The van der Waals surface area contributed by atoms with Crippen molar-refractivity contribution in [1.82, 2.24) is 10.6 Å². The standard InChI is InChI=1S/C18H27N3O4.HI/c1-3-19-17(21-12-18(2)7-4-9-25-18)20-8-10-22-14-5-6-15-16(11-14)24-13-23-15;/h5-6,11H,3-4,7-10,12-13H2,1-2H3,(H2,19,20,21);1H. The lowest BCUT2D eigenvalue weighted by atomic mass is 10.0. The van der Waals surface area contributed by atoms with Crippen molar-refractivity contribution in [3.63, 3.8) is 0 Å². The third kappa shape index (κ3) is 5.80. The van der Waals surface area contributed by atoms with Gasteiger partial charge in [0.25, 0.3) is 0 Å². The van der Waals surface area contributed by atoms with Crippen molar-refractivity contribution in [1.29, 1.82) is 0 Å². The van der Waals surface area contributed by atoms with Crippen LogP contribution in [0.3, 0.4) is 0 Å². The van der Waals surface area contributed by atoms with Crippen LogP contribution in [-0.2, 0) is 4.74 Å². The molecule has 0 radical (unpaired) electrons. The molecule has 146 valence electrons. The van der Waals surface area contributed by atoms with E-state index in [-0.39, 0.29) is 36.4 Å². The molecule has 3 rings (SSSR count). The van der Waals surface area contributed by atoms with Gasteiger partial charge in [-0.15, -0.1) is 24.0 Å². The summed E-state index contributed by atoms with van der Waals surface area (Å²) in [7, 11) is 0. The summed E-state index contributed by atoms with van der Waals surface area (Å²) in [5.74, 6) is 3.04. The smallest absolute Gasteiger partial charge is 0.231 e. The molecule has 1 fully saturated rings. The van der Waals surface area contributed by atoms with E-state index in [9.17, 15) is 0 Å². The number of ether oxygens (including phenoxy) is 4. The minimum atomic E-state index is -0.134. The Labute approximate surface area is 171 Å². The van der Waals surface area contributed by atoms with Crippen molar-refractivity contribution in [2.45, 2.75) is 32.3 Å². The summed E-state index contributed by atoms with van der Waals surface area (Å²) in [6.45, 7) is 7.92. The largest absolute Gasteiger partial charge is 0.492 e. The Balaban J connectivity index is 0.00000243. The summed E-state index contributed by atoms with van der Waals surface area (Å²) in [5.41, 5.74) is -0.134. The summed E-state index contributed by atoms with van der Waals surface area (Å²) in [6.07, 6.45) is 2.17. The van der Waals surface area contributed by atoms with Crippen LogP contribution in [-0.4, -0.2) is 51.2 Å². The Hall–Kier alpha value is -1.42. The molecule has 8 heteroatoms. The Kier molecular flexibility index (Phi) is 8.08. The maximum Gasteiger partial charge on any atom is 0.231 e. The molecule has 2 N–H and O–H groups in total. The first-order valence-corrected chi connectivity index (χ1v) is 8.87. The lowest BCUT2D eigenvalue weighted by molar-refractivity contribution is 0.0283. The van der Waals surface area contributed by atoms with E-state index in [1.165, 1.54) is 0 Å². The van der Waals surface area contributed by atoms with Crippen molar-refractivity contribution in [2.75, 3.05) is 39.6 Å².